The van der Waals surface area contributed by atoms with Crippen molar-refractivity contribution >= 4 is 180 Å². The molecule has 30 nitrogen and oxygen atoms in total. The third-order valence-corrected chi connectivity index (χ3v) is 21.0. The minimum Gasteiger partial charge on any atom is -0.372 e. The number of hydrogen-bond donors (Lipinski definition) is 7. The predicted molar refractivity (Wildman–Crippen MR) is 385 cm³/mol. The number of carbonyl (C=O) groups excluding carboxylic acids is 4. The number of nitrogens with one attached hydrogen (secondary N) is 4. The van der Waals surface area contributed by atoms with E-state index in [9.17, 15) is 58.1 Å². The SMILES string of the molecule is CCN(CC)c1ccc(/N=N/c2nc(N3CCCCC3)c(/C=C(/C(C)=O)C(=O)Nc3ccccc3S(=O)(=O)O)s2)c(Nc2nc(Nc3cc(N(CC)CC)ccc3/N=N/c3nc(N4CCCCC4)c(/C=C(\C(C)=O)C(=O)Nc4ccccc4S(=O)(=O)O)s3)nc(SCCS(=O)(=O)O)n2)c1. The molecule has 524 valence electrons. The molecule has 99 heavy (non-hydrogen) atoms. The summed E-state index contributed by atoms with van der Waals surface area (Å²) >= 11 is 3.02. The van der Waals surface area contributed by atoms with Crippen LogP contribution in [0, 0.1) is 0 Å². The summed E-state index contributed by atoms with van der Waals surface area (Å²) < 4.78 is 102. The van der Waals surface area contributed by atoms with E-state index in [1.54, 1.807) is 12.1 Å². The number of thiazole rings is 2. The highest BCUT2D eigenvalue weighted by molar-refractivity contribution is 8.00. The molecule has 7 N–H and O–H groups in total. The second-order valence-corrected chi connectivity index (χ2v) is 29.8. The lowest BCUT2D eigenvalue weighted by Crippen LogP contribution is -2.30. The van der Waals surface area contributed by atoms with E-state index in [2.05, 4.69) is 61.5 Å². The maximum atomic E-state index is 13.8. The van der Waals surface area contributed by atoms with Crippen molar-refractivity contribution in [3.8, 4) is 0 Å². The molecular formula is C63H73N17O13S6. The monoisotopic (exact) mass is 1470 g/mol. The van der Waals surface area contributed by atoms with Gasteiger partial charge < -0.3 is 40.9 Å². The highest BCUT2D eigenvalue weighted by Gasteiger charge is 2.28. The van der Waals surface area contributed by atoms with Crippen LogP contribution in [0.25, 0.3) is 12.2 Å². The predicted octanol–water partition coefficient (Wildman–Crippen LogP) is 12.5. The molecule has 0 spiro atoms. The van der Waals surface area contributed by atoms with Crippen LogP contribution in [0.2, 0.25) is 0 Å². The van der Waals surface area contributed by atoms with Gasteiger partial charge in [0.1, 0.15) is 32.8 Å². The van der Waals surface area contributed by atoms with Crippen molar-refractivity contribution in [2.45, 2.75) is 95.0 Å². The van der Waals surface area contributed by atoms with Crippen LogP contribution in [-0.2, 0) is 49.5 Å². The zero-order chi connectivity index (χ0) is 71.2. The molecule has 4 aromatic carbocycles. The second kappa shape index (κ2) is 33.2. The molecule has 7 aromatic rings. The van der Waals surface area contributed by atoms with Crippen molar-refractivity contribution in [1.29, 1.82) is 0 Å². The number of ketones is 2. The van der Waals surface area contributed by atoms with E-state index in [0.29, 0.717) is 85.1 Å². The highest BCUT2D eigenvalue weighted by Crippen LogP contribution is 2.41. The Hall–Kier alpha value is -9.01. The van der Waals surface area contributed by atoms with Gasteiger partial charge in [-0.15, -0.1) is 20.5 Å². The molecule has 5 heterocycles. The smallest absolute Gasteiger partial charge is 0.296 e. The van der Waals surface area contributed by atoms with Crippen molar-refractivity contribution in [3.63, 3.8) is 0 Å². The molecule has 0 unspecified atom stereocenters. The molecule has 9 rings (SSSR count). The van der Waals surface area contributed by atoms with Gasteiger partial charge in [0.15, 0.2) is 16.7 Å². The van der Waals surface area contributed by atoms with Crippen LogP contribution in [0.15, 0.2) is 131 Å². The Morgan fingerprint density at radius 3 is 1.29 bits per heavy atom. The van der Waals surface area contributed by atoms with E-state index in [-0.39, 0.29) is 67.0 Å². The van der Waals surface area contributed by atoms with Gasteiger partial charge in [-0.05, 0) is 153 Å². The van der Waals surface area contributed by atoms with Gasteiger partial charge >= 0.3 is 0 Å². The number of azo groups is 2. The third kappa shape index (κ3) is 19.9. The average Bonchev–Trinajstić information content (AvgIpc) is 1.80. The molecule has 2 saturated heterocycles. The number of amides is 2. The Balaban J connectivity index is 1.09. The standard InChI is InChI=1S/C63H73N17O13S6/c1-7-77(8-2)41-25-27-45(73-75-62-68-55(79-29-17-11-18-30-79)51(95-62)37-43(39(5)81)57(83)64-47-21-13-15-23-53(47)98(88,89)90)49(35-41)66-59-70-60(72-61(71-59)94-33-34-97(85,86)87)67-50-36-42(78(9-3)10-4)26-28-46(50)74-76-63-69-56(80-31-19-12-20-32-80)52(96-63)38-44(40(6)82)58(84)65-48-22-14-16-24-54(48)99(91,92)93/h13-16,21-28,35-38H,7-12,17-20,29-34H2,1-6H3,(H,64,83)(H,65,84)(H,85,86,87)(H,88,89,90)(H,91,92,93)(H2,66,67,70,71,72)/b43-37-,44-38+,75-73+,76-74+. The van der Waals surface area contributed by atoms with Crippen LogP contribution in [-0.4, -0.2) is 151 Å². The van der Waals surface area contributed by atoms with Crippen molar-refractivity contribution < 1.29 is 58.1 Å². The normalized spacial score (nSPS) is 14.2. The minimum atomic E-state index is -4.76. The van der Waals surface area contributed by atoms with Gasteiger partial charge in [0.05, 0.1) is 49.4 Å². The Kier molecular flexibility index (Phi) is 24.9. The Morgan fingerprint density at radius 2 is 0.929 bits per heavy atom. The van der Waals surface area contributed by atoms with Crippen LogP contribution >= 0.6 is 34.4 Å². The molecule has 2 amide bonds. The molecule has 0 saturated carbocycles. The molecule has 2 aliphatic heterocycles. The first-order valence-electron chi connectivity index (χ1n) is 31.4. The molecule has 0 aliphatic carbocycles. The quantitative estimate of drug-likeness (QED) is 0.00549. The number of piperidine rings is 2. The van der Waals surface area contributed by atoms with Crippen LogP contribution in [0.5, 0.6) is 0 Å². The van der Waals surface area contributed by atoms with Gasteiger partial charge in [-0.2, -0.15) is 50.2 Å². The Bertz CT molecular complexity index is 4370. The third-order valence-electron chi connectivity index (χ3n) is 15.6. The largest absolute Gasteiger partial charge is 0.372 e. The Morgan fingerprint density at radius 1 is 0.535 bits per heavy atom. The van der Waals surface area contributed by atoms with Gasteiger partial charge in [0, 0.05) is 69.5 Å². The van der Waals surface area contributed by atoms with E-state index < -0.39 is 69.3 Å². The van der Waals surface area contributed by atoms with Gasteiger partial charge in [-0.1, -0.05) is 58.7 Å². The summed E-state index contributed by atoms with van der Waals surface area (Å²) in [5.41, 5.74) is 1.67. The lowest BCUT2D eigenvalue weighted by Gasteiger charge is -2.27. The van der Waals surface area contributed by atoms with E-state index in [1.165, 1.54) is 62.4 Å². The molecule has 2 fully saturated rings. The van der Waals surface area contributed by atoms with E-state index in [0.717, 1.165) is 96.5 Å². The molecule has 3 aromatic heterocycles. The number of benzene rings is 4. The summed E-state index contributed by atoms with van der Waals surface area (Å²) in [5, 5.41) is 30.4. The number of para-hydroxylation sites is 2. The number of thioether (sulfide) groups is 1. The number of anilines is 10. The number of hydrogen-bond acceptors (Lipinski definition) is 28. The number of Topliss-reactive ketones (excluding diaryl/α,β-unsaturated/α-hetero) is 2. The Labute approximate surface area is 584 Å². The first-order valence-corrected chi connectivity index (χ1v) is 38.5. The summed E-state index contributed by atoms with van der Waals surface area (Å²) in [7, 11) is -13.9. The van der Waals surface area contributed by atoms with E-state index >= 15 is 0 Å². The summed E-state index contributed by atoms with van der Waals surface area (Å²) in [6, 6.07) is 21.3. The lowest BCUT2D eigenvalue weighted by atomic mass is 10.1. The zero-order valence-electron chi connectivity index (χ0n) is 54.7. The summed E-state index contributed by atoms with van der Waals surface area (Å²) in [6.45, 7) is 15.3. The first kappa shape index (κ1) is 74.2. The molecule has 0 bridgehead atoms. The van der Waals surface area contributed by atoms with Crippen molar-refractivity contribution in [2.75, 3.05) is 105 Å². The zero-order valence-corrected chi connectivity index (χ0v) is 59.6. The lowest BCUT2D eigenvalue weighted by molar-refractivity contribution is -0.120. The maximum absolute atomic E-state index is 13.8. The minimum absolute atomic E-state index is 0.0366. The molecule has 0 radical (unpaired) electrons. The number of aromatic nitrogens is 5. The fraction of sp³-hybridized carbons (Fsp3) is 0.349. The second-order valence-electron chi connectivity index (χ2n) is 22.3. The van der Waals surface area contributed by atoms with Gasteiger partial charge in [0.25, 0.3) is 42.2 Å². The maximum Gasteiger partial charge on any atom is 0.296 e. The summed E-state index contributed by atoms with van der Waals surface area (Å²) in [5.74, 6) is -3.15. The fourth-order valence-electron chi connectivity index (χ4n) is 10.6. The number of nitrogens with zero attached hydrogens (tertiary/aromatic N) is 13. The average molecular weight is 1470 g/mol. The van der Waals surface area contributed by atoms with Crippen LogP contribution in [0.3, 0.4) is 0 Å². The number of carbonyl (C=O) groups is 4. The highest BCUT2D eigenvalue weighted by atomic mass is 32.2. The van der Waals surface area contributed by atoms with E-state index in [1.807, 2.05) is 61.8 Å². The molecule has 36 heteroatoms. The fourth-order valence-corrected chi connectivity index (χ4v) is 15.3. The molecular weight excluding hydrogens is 1400 g/mol. The van der Waals surface area contributed by atoms with Crippen molar-refractivity contribution in [2.24, 2.45) is 20.5 Å². The topological polar surface area (TPSA) is 406 Å². The van der Waals surface area contributed by atoms with Crippen molar-refractivity contribution in [1.82, 2.24) is 24.9 Å². The first-order chi connectivity index (χ1) is 47.2. The molecule has 0 atom stereocenters. The van der Waals surface area contributed by atoms with Gasteiger partial charge in [-0.25, -0.2) is 0 Å². The van der Waals surface area contributed by atoms with Crippen LogP contribution < -0.4 is 40.9 Å². The van der Waals surface area contributed by atoms with Gasteiger partial charge in [-0.3, -0.25) is 32.8 Å². The molecule has 2 aliphatic rings. The van der Waals surface area contributed by atoms with Gasteiger partial charge in [0.2, 0.25) is 22.2 Å². The van der Waals surface area contributed by atoms with Crippen LogP contribution in [0.1, 0.15) is 89.8 Å². The number of rotatable bonds is 30. The van der Waals surface area contributed by atoms with Crippen LogP contribution in [0.4, 0.5) is 79.3 Å². The van der Waals surface area contributed by atoms with E-state index in [4.69, 9.17) is 15.0 Å². The summed E-state index contributed by atoms with van der Waals surface area (Å²) in [6.07, 6.45) is 8.07. The van der Waals surface area contributed by atoms with Crippen molar-refractivity contribution in [3.05, 3.63) is 106 Å². The summed E-state index contributed by atoms with van der Waals surface area (Å²) in [4.78, 5) is 85.9.